The maximum absolute atomic E-state index is 12.0. The lowest BCUT2D eigenvalue weighted by atomic mass is 10.1. The van der Waals surface area contributed by atoms with Crippen molar-refractivity contribution in [3.05, 3.63) is 48.6 Å². The smallest absolute Gasteiger partial charge is 0.317 e. The first kappa shape index (κ1) is 13.6. The molecule has 1 aromatic rings. The second kappa shape index (κ2) is 6.38. The van der Waals surface area contributed by atoms with E-state index in [1.165, 1.54) is 0 Å². The Hall–Kier alpha value is -1.81. The van der Waals surface area contributed by atoms with Gasteiger partial charge in [-0.25, -0.2) is 4.79 Å². The van der Waals surface area contributed by atoms with Crippen LogP contribution < -0.4 is 5.32 Å². The van der Waals surface area contributed by atoms with E-state index < -0.39 is 6.10 Å². The largest absolute Gasteiger partial charge is 0.387 e. The summed E-state index contributed by atoms with van der Waals surface area (Å²) in [6.07, 6.45) is 3.04. The van der Waals surface area contributed by atoms with Crippen LogP contribution >= 0.6 is 0 Å². The van der Waals surface area contributed by atoms with Gasteiger partial charge in [-0.2, -0.15) is 0 Å². The van der Waals surface area contributed by atoms with Crippen molar-refractivity contribution in [2.75, 3.05) is 13.1 Å². The molecule has 19 heavy (non-hydrogen) atoms. The number of urea groups is 1. The molecule has 2 N–H and O–H groups in total. The number of hydrogen-bond acceptors (Lipinski definition) is 2. The molecule has 4 nitrogen and oxygen atoms in total. The summed E-state index contributed by atoms with van der Waals surface area (Å²) >= 11 is 0. The van der Waals surface area contributed by atoms with E-state index in [9.17, 15) is 9.90 Å². The van der Waals surface area contributed by atoms with Crippen LogP contribution in [0.4, 0.5) is 4.79 Å². The Kier molecular flexibility index (Phi) is 4.58. The normalized spacial score (nSPS) is 15.6. The summed E-state index contributed by atoms with van der Waals surface area (Å²) in [5.41, 5.74) is 0.838. The minimum Gasteiger partial charge on any atom is -0.387 e. The van der Waals surface area contributed by atoms with Gasteiger partial charge in [0.15, 0.2) is 0 Å². The van der Waals surface area contributed by atoms with E-state index in [1.807, 2.05) is 30.3 Å². The number of benzene rings is 1. The number of amides is 2. The van der Waals surface area contributed by atoms with Gasteiger partial charge in [-0.15, -0.1) is 6.58 Å². The molecule has 0 bridgehead atoms. The zero-order chi connectivity index (χ0) is 13.7. The van der Waals surface area contributed by atoms with Crippen molar-refractivity contribution in [2.24, 2.45) is 0 Å². The quantitative estimate of drug-likeness (QED) is 0.769. The molecule has 2 rings (SSSR count). The van der Waals surface area contributed by atoms with Gasteiger partial charge in [0.25, 0.3) is 0 Å². The predicted molar refractivity (Wildman–Crippen MR) is 74.7 cm³/mol. The molecule has 1 fully saturated rings. The van der Waals surface area contributed by atoms with Crippen LogP contribution in [-0.4, -0.2) is 35.2 Å². The highest BCUT2D eigenvalue weighted by Gasteiger charge is 2.33. The highest BCUT2D eigenvalue weighted by molar-refractivity contribution is 5.75. The Morgan fingerprint density at radius 3 is 2.74 bits per heavy atom. The first-order valence-electron chi connectivity index (χ1n) is 6.60. The van der Waals surface area contributed by atoms with Crippen molar-refractivity contribution >= 4 is 6.03 Å². The molecule has 0 unspecified atom stereocenters. The molecule has 0 aliphatic heterocycles. The predicted octanol–water partition coefficient (Wildman–Crippen LogP) is 2.08. The summed E-state index contributed by atoms with van der Waals surface area (Å²) in [6.45, 7) is 4.36. The number of aliphatic hydroxyl groups is 1. The van der Waals surface area contributed by atoms with Crippen LogP contribution in [0.15, 0.2) is 43.0 Å². The van der Waals surface area contributed by atoms with Gasteiger partial charge >= 0.3 is 6.03 Å². The minimum atomic E-state index is -0.642. The van der Waals surface area contributed by atoms with Gasteiger partial charge in [-0.3, -0.25) is 0 Å². The Labute approximate surface area is 113 Å². The lowest BCUT2D eigenvalue weighted by Gasteiger charge is -2.25. The van der Waals surface area contributed by atoms with Crippen LogP contribution in [0.2, 0.25) is 0 Å². The van der Waals surface area contributed by atoms with Gasteiger partial charge in [0.1, 0.15) is 0 Å². The third-order valence-electron chi connectivity index (χ3n) is 3.20. The number of carbonyl (C=O) groups excluding carboxylic acids is 1. The molecule has 0 aromatic heterocycles. The fourth-order valence-electron chi connectivity index (χ4n) is 2.01. The van der Waals surface area contributed by atoms with Crippen molar-refractivity contribution in [3.8, 4) is 0 Å². The molecule has 1 aliphatic carbocycles. The van der Waals surface area contributed by atoms with Crippen LogP contribution in [-0.2, 0) is 0 Å². The van der Waals surface area contributed by atoms with Crippen molar-refractivity contribution in [1.29, 1.82) is 0 Å². The summed E-state index contributed by atoms with van der Waals surface area (Å²) < 4.78 is 0. The molecular weight excluding hydrogens is 240 g/mol. The van der Waals surface area contributed by atoms with Crippen LogP contribution in [0.3, 0.4) is 0 Å². The summed E-state index contributed by atoms with van der Waals surface area (Å²) in [5, 5.41) is 13.0. The zero-order valence-corrected chi connectivity index (χ0v) is 11.0. The number of nitrogens with zero attached hydrogens (tertiary/aromatic N) is 1. The van der Waals surface area contributed by atoms with Crippen molar-refractivity contribution in [1.82, 2.24) is 10.2 Å². The molecular formula is C15H20N2O2. The highest BCUT2D eigenvalue weighted by atomic mass is 16.3. The Morgan fingerprint density at radius 1 is 1.47 bits per heavy atom. The zero-order valence-electron chi connectivity index (χ0n) is 11.0. The van der Waals surface area contributed by atoms with Gasteiger partial charge in [0.05, 0.1) is 12.6 Å². The van der Waals surface area contributed by atoms with Gasteiger partial charge in [-0.1, -0.05) is 36.4 Å². The summed E-state index contributed by atoms with van der Waals surface area (Å²) in [5.74, 6) is 0. The Balaban J connectivity index is 1.96. The van der Waals surface area contributed by atoms with Crippen LogP contribution in [0.5, 0.6) is 0 Å². The number of carbonyl (C=O) groups is 1. The Bertz CT molecular complexity index is 429. The molecule has 1 saturated carbocycles. The third kappa shape index (κ3) is 3.83. The average molecular weight is 260 g/mol. The van der Waals surface area contributed by atoms with Gasteiger partial charge in [-0.05, 0) is 18.4 Å². The molecule has 1 atom stereocenters. The number of hydrogen-bond donors (Lipinski definition) is 2. The maximum Gasteiger partial charge on any atom is 0.317 e. The van der Waals surface area contributed by atoms with Crippen molar-refractivity contribution in [2.45, 2.75) is 25.0 Å². The lowest BCUT2D eigenvalue weighted by molar-refractivity contribution is 0.118. The van der Waals surface area contributed by atoms with Crippen LogP contribution in [0.1, 0.15) is 24.5 Å². The van der Waals surface area contributed by atoms with Gasteiger partial charge in [0, 0.05) is 12.6 Å². The molecule has 0 saturated heterocycles. The monoisotopic (exact) mass is 260 g/mol. The fraction of sp³-hybridized carbons (Fsp3) is 0.400. The molecule has 1 aromatic carbocycles. The average Bonchev–Trinajstić information content (AvgIpc) is 3.27. The molecule has 0 radical (unpaired) electrons. The SMILES string of the molecule is C=CCNC(=O)N(C[C@@H](O)c1ccccc1)C1CC1. The highest BCUT2D eigenvalue weighted by Crippen LogP contribution is 2.28. The lowest BCUT2D eigenvalue weighted by Crippen LogP contribution is -2.43. The van der Waals surface area contributed by atoms with Crippen LogP contribution in [0.25, 0.3) is 0 Å². The van der Waals surface area contributed by atoms with E-state index in [-0.39, 0.29) is 12.1 Å². The standard InChI is InChI=1S/C15H20N2O2/c1-2-10-16-15(19)17(13-8-9-13)11-14(18)12-6-4-3-5-7-12/h2-7,13-14,18H,1,8-11H2,(H,16,19)/t14-/m1/s1. The van der Waals surface area contributed by atoms with E-state index in [4.69, 9.17) is 0 Å². The van der Waals surface area contributed by atoms with Crippen LogP contribution in [0, 0.1) is 0 Å². The van der Waals surface area contributed by atoms with E-state index in [0.29, 0.717) is 13.1 Å². The summed E-state index contributed by atoms with van der Waals surface area (Å²) in [7, 11) is 0. The number of rotatable bonds is 6. The topological polar surface area (TPSA) is 52.6 Å². The van der Waals surface area contributed by atoms with Gasteiger partial charge in [0.2, 0.25) is 0 Å². The molecule has 1 aliphatic rings. The van der Waals surface area contributed by atoms with E-state index >= 15 is 0 Å². The minimum absolute atomic E-state index is 0.127. The van der Waals surface area contributed by atoms with Crippen molar-refractivity contribution < 1.29 is 9.90 Å². The number of aliphatic hydroxyl groups excluding tert-OH is 1. The second-order valence-corrected chi connectivity index (χ2v) is 4.78. The fourth-order valence-corrected chi connectivity index (χ4v) is 2.01. The first-order valence-corrected chi connectivity index (χ1v) is 6.60. The molecule has 0 heterocycles. The molecule has 2 amide bonds. The molecule has 0 spiro atoms. The molecule has 102 valence electrons. The number of nitrogens with one attached hydrogen (secondary N) is 1. The van der Waals surface area contributed by atoms with Gasteiger partial charge < -0.3 is 15.3 Å². The Morgan fingerprint density at radius 2 is 2.16 bits per heavy atom. The van der Waals surface area contributed by atoms with E-state index in [2.05, 4.69) is 11.9 Å². The van der Waals surface area contributed by atoms with E-state index in [0.717, 1.165) is 18.4 Å². The van der Waals surface area contributed by atoms with Crippen molar-refractivity contribution in [3.63, 3.8) is 0 Å². The maximum atomic E-state index is 12.0. The first-order chi connectivity index (χ1) is 9.22. The second-order valence-electron chi connectivity index (χ2n) is 4.78. The van der Waals surface area contributed by atoms with E-state index in [1.54, 1.807) is 11.0 Å². The summed E-state index contributed by atoms with van der Waals surface area (Å²) in [4.78, 5) is 13.7. The summed E-state index contributed by atoms with van der Waals surface area (Å²) in [6, 6.07) is 9.57. The third-order valence-corrected chi connectivity index (χ3v) is 3.20. The molecule has 4 heteroatoms.